The van der Waals surface area contributed by atoms with Crippen LogP contribution in [0.1, 0.15) is 19.4 Å². The van der Waals surface area contributed by atoms with Gasteiger partial charge < -0.3 is 14.8 Å². The van der Waals surface area contributed by atoms with Gasteiger partial charge in [0.25, 0.3) is 5.91 Å². The van der Waals surface area contributed by atoms with Crippen LogP contribution in [0.3, 0.4) is 0 Å². The van der Waals surface area contributed by atoms with Crippen molar-refractivity contribution in [1.29, 1.82) is 0 Å². The van der Waals surface area contributed by atoms with Crippen LogP contribution in [0.4, 0.5) is 0 Å². The second kappa shape index (κ2) is 8.03. The topological polar surface area (TPSA) is 77.0 Å². The van der Waals surface area contributed by atoms with E-state index < -0.39 is 11.9 Å². The van der Waals surface area contributed by atoms with E-state index in [4.69, 9.17) is 9.47 Å². The van der Waals surface area contributed by atoms with Crippen LogP contribution in [0.15, 0.2) is 64.3 Å². The zero-order chi connectivity index (χ0) is 19.4. The lowest BCUT2D eigenvalue weighted by Crippen LogP contribution is -2.35. The normalized spacial score (nSPS) is 18.5. The quantitative estimate of drug-likeness (QED) is 0.619. The molecule has 1 amide bonds. The first-order valence-electron chi connectivity index (χ1n) is 8.81. The highest BCUT2D eigenvalue weighted by atomic mass is 16.5. The molecule has 1 atom stereocenters. The number of methoxy groups -OCH3 is 1. The predicted octanol–water partition coefficient (Wildman–Crippen LogP) is 2.72. The highest BCUT2D eigenvalue weighted by Gasteiger charge is 2.35. The lowest BCUT2D eigenvalue weighted by atomic mass is 9.86. The molecule has 0 spiro atoms. The van der Waals surface area contributed by atoms with Gasteiger partial charge in [0.1, 0.15) is 11.3 Å². The Kier molecular flexibility index (Phi) is 5.54. The smallest absolute Gasteiger partial charge is 0.345 e. The summed E-state index contributed by atoms with van der Waals surface area (Å²) in [6.07, 6.45) is 5.70. The summed E-state index contributed by atoms with van der Waals surface area (Å²) in [4.78, 5) is 29.0. The second-order valence-corrected chi connectivity index (χ2v) is 6.27. The maximum Gasteiger partial charge on any atom is 0.345 e. The third-order valence-electron chi connectivity index (χ3n) is 4.41. The average molecular weight is 366 g/mol. The van der Waals surface area contributed by atoms with Crippen LogP contribution in [-0.4, -0.2) is 31.3 Å². The number of nitrogens with one attached hydrogen (secondary N) is 1. The van der Waals surface area contributed by atoms with E-state index in [1.54, 1.807) is 14.0 Å². The Bertz CT molecular complexity index is 876. The third-order valence-corrected chi connectivity index (χ3v) is 4.41. The summed E-state index contributed by atoms with van der Waals surface area (Å²) in [5.74, 6) is -0.730. The molecule has 1 aliphatic heterocycles. The standard InChI is InChI=1S/C21H22N2O4/c1-4-27-21(25)18-19(22-12-14-6-8-15(26-3)9-7-14)16-11-13(2)5-10-17(16)23-20(18)24/h5-11,16,22H,4,12H2,1-3H3. The van der Waals surface area contributed by atoms with Crippen molar-refractivity contribution in [2.45, 2.75) is 20.4 Å². The van der Waals surface area contributed by atoms with Gasteiger partial charge in [-0.2, -0.15) is 0 Å². The summed E-state index contributed by atoms with van der Waals surface area (Å²) in [5, 5.41) is 3.27. The Morgan fingerprint density at radius 3 is 2.63 bits per heavy atom. The van der Waals surface area contributed by atoms with Crippen LogP contribution in [0.25, 0.3) is 0 Å². The molecule has 0 saturated carbocycles. The fourth-order valence-corrected chi connectivity index (χ4v) is 3.05. The molecule has 2 aliphatic rings. The van der Waals surface area contributed by atoms with Crippen LogP contribution in [0, 0.1) is 5.92 Å². The predicted molar refractivity (Wildman–Crippen MR) is 102 cm³/mol. The van der Waals surface area contributed by atoms with Gasteiger partial charge in [0.2, 0.25) is 0 Å². The monoisotopic (exact) mass is 366 g/mol. The number of benzene rings is 1. The zero-order valence-corrected chi connectivity index (χ0v) is 15.6. The Morgan fingerprint density at radius 1 is 1.22 bits per heavy atom. The van der Waals surface area contributed by atoms with E-state index in [9.17, 15) is 9.59 Å². The highest BCUT2D eigenvalue weighted by molar-refractivity contribution is 6.24. The van der Waals surface area contributed by atoms with E-state index in [2.05, 4.69) is 10.3 Å². The van der Waals surface area contributed by atoms with Crippen molar-refractivity contribution < 1.29 is 19.1 Å². The van der Waals surface area contributed by atoms with Crippen LogP contribution >= 0.6 is 0 Å². The number of allylic oxidation sites excluding steroid dienone is 4. The van der Waals surface area contributed by atoms with E-state index in [1.807, 2.05) is 49.4 Å². The fraction of sp³-hybridized carbons (Fsp3) is 0.286. The lowest BCUT2D eigenvalue weighted by molar-refractivity contribution is -0.140. The highest BCUT2D eigenvalue weighted by Crippen LogP contribution is 2.29. The van der Waals surface area contributed by atoms with Crippen LogP contribution in [-0.2, 0) is 20.9 Å². The number of dihydropyridines is 1. The van der Waals surface area contributed by atoms with Crippen molar-refractivity contribution in [2.24, 2.45) is 10.9 Å². The first-order valence-corrected chi connectivity index (χ1v) is 8.81. The third kappa shape index (κ3) is 4.00. The van der Waals surface area contributed by atoms with Crippen LogP contribution in [0.5, 0.6) is 5.75 Å². The molecule has 6 heteroatoms. The first kappa shape index (κ1) is 18.6. The van der Waals surface area contributed by atoms with E-state index >= 15 is 0 Å². The summed E-state index contributed by atoms with van der Waals surface area (Å²) in [6.45, 7) is 4.32. The molecule has 1 aromatic carbocycles. The molecule has 140 valence electrons. The molecule has 0 fully saturated rings. The van der Waals surface area contributed by atoms with Gasteiger partial charge in [-0.25, -0.2) is 9.79 Å². The molecular formula is C21H22N2O4. The van der Waals surface area contributed by atoms with Crippen molar-refractivity contribution in [2.75, 3.05) is 13.7 Å². The Morgan fingerprint density at radius 2 is 1.96 bits per heavy atom. The average Bonchev–Trinajstić information content (AvgIpc) is 2.66. The molecule has 1 N–H and O–H groups in total. The largest absolute Gasteiger partial charge is 0.497 e. The van der Waals surface area contributed by atoms with Crippen LogP contribution in [0.2, 0.25) is 0 Å². The van der Waals surface area contributed by atoms with Crippen molar-refractivity contribution in [3.05, 3.63) is 64.9 Å². The number of carbonyl (C=O) groups excluding carboxylic acids is 2. The molecule has 3 rings (SSSR count). The minimum Gasteiger partial charge on any atom is -0.497 e. The van der Waals surface area contributed by atoms with Crippen molar-refractivity contribution in [1.82, 2.24) is 5.32 Å². The van der Waals surface area contributed by atoms with Gasteiger partial charge >= 0.3 is 5.97 Å². The first-order chi connectivity index (χ1) is 13.0. The maximum absolute atomic E-state index is 12.5. The number of carbonyl (C=O) groups is 2. The summed E-state index contributed by atoms with van der Waals surface area (Å²) in [7, 11) is 1.61. The van der Waals surface area contributed by atoms with Gasteiger partial charge in [0, 0.05) is 12.2 Å². The number of hydrogen-bond acceptors (Lipinski definition) is 5. The van der Waals surface area contributed by atoms with Gasteiger partial charge in [-0.05, 0) is 37.6 Å². The number of nitrogens with zero attached hydrogens (tertiary/aromatic N) is 1. The fourth-order valence-electron chi connectivity index (χ4n) is 3.05. The van der Waals surface area contributed by atoms with E-state index in [0.717, 1.165) is 16.9 Å². The SMILES string of the molecule is CCOC(=O)C1=C(NCc2ccc(OC)cc2)C2C=C(C)C=CC2=NC1=O. The summed E-state index contributed by atoms with van der Waals surface area (Å²) < 4.78 is 10.3. The molecule has 0 aromatic heterocycles. The number of rotatable bonds is 6. The molecule has 1 aliphatic carbocycles. The van der Waals surface area contributed by atoms with E-state index in [1.165, 1.54) is 0 Å². The molecular weight excluding hydrogens is 344 g/mol. The zero-order valence-electron chi connectivity index (χ0n) is 15.6. The number of ether oxygens (including phenoxy) is 2. The van der Waals surface area contributed by atoms with Gasteiger partial charge in [0.05, 0.1) is 25.3 Å². The van der Waals surface area contributed by atoms with Crippen molar-refractivity contribution >= 4 is 17.6 Å². The van der Waals surface area contributed by atoms with E-state index in [0.29, 0.717) is 18.0 Å². The summed E-state index contributed by atoms with van der Waals surface area (Å²) in [6, 6.07) is 7.59. The summed E-state index contributed by atoms with van der Waals surface area (Å²) >= 11 is 0. The molecule has 1 unspecified atom stereocenters. The number of aliphatic imine (C=N–C) groups is 1. The molecule has 0 radical (unpaired) electrons. The molecule has 27 heavy (non-hydrogen) atoms. The van der Waals surface area contributed by atoms with Crippen molar-refractivity contribution in [3.8, 4) is 5.75 Å². The Balaban J connectivity index is 1.93. The molecule has 6 nitrogen and oxygen atoms in total. The number of esters is 1. The molecule has 0 bridgehead atoms. The molecule has 1 heterocycles. The number of amides is 1. The minimum atomic E-state index is -0.650. The van der Waals surface area contributed by atoms with E-state index in [-0.39, 0.29) is 18.1 Å². The number of fused-ring (bicyclic) bond motifs is 1. The maximum atomic E-state index is 12.5. The van der Waals surface area contributed by atoms with Gasteiger partial charge in [-0.1, -0.05) is 29.9 Å². The lowest BCUT2D eigenvalue weighted by Gasteiger charge is -2.27. The Labute approximate surface area is 158 Å². The Hall–Kier alpha value is -3.15. The molecule has 0 saturated heterocycles. The van der Waals surface area contributed by atoms with Gasteiger partial charge in [-0.3, -0.25) is 4.79 Å². The van der Waals surface area contributed by atoms with Crippen molar-refractivity contribution in [3.63, 3.8) is 0 Å². The van der Waals surface area contributed by atoms with Gasteiger partial charge in [0.15, 0.2) is 0 Å². The van der Waals surface area contributed by atoms with Crippen LogP contribution < -0.4 is 10.1 Å². The minimum absolute atomic E-state index is 0.0292. The second-order valence-electron chi connectivity index (χ2n) is 6.27. The number of hydrogen-bond donors (Lipinski definition) is 1. The molecule has 1 aromatic rings. The summed E-state index contributed by atoms with van der Waals surface area (Å²) in [5.41, 5.74) is 3.16. The van der Waals surface area contributed by atoms with Gasteiger partial charge in [-0.15, -0.1) is 0 Å².